The number of nitrogens with zero attached hydrogens (tertiary/aromatic N) is 2. The minimum absolute atomic E-state index is 0.0972. The molecule has 2 aromatic carbocycles. The number of non-ortho nitro benzene ring substituents is 1. The summed E-state index contributed by atoms with van der Waals surface area (Å²) in [5.41, 5.74) is 2.18. The van der Waals surface area contributed by atoms with Gasteiger partial charge < -0.3 is 10.1 Å². The molecule has 0 radical (unpaired) electrons. The molecule has 2 aromatic rings. The number of ether oxygens (including phenoxy) is 1. The molecule has 124 valence electrons. The van der Waals surface area contributed by atoms with Crippen molar-refractivity contribution in [3.8, 4) is 11.8 Å². The lowest BCUT2D eigenvalue weighted by Crippen LogP contribution is -2.12. The summed E-state index contributed by atoms with van der Waals surface area (Å²) in [6.45, 7) is 1.84. The first kappa shape index (κ1) is 17.4. The van der Waals surface area contributed by atoms with Gasteiger partial charge in [-0.1, -0.05) is 24.3 Å². The van der Waals surface area contributed by atoms with Gasteiger partial charge in [-0.25, -0.2) is 0 Å². The largest absolute Gasteiger partial charge is 0.494 e. The van der Waals surface area contributed by atoms with Gasteiger partial charge in [0.25, 0.3) is 5.69 Å². The SMILES string of the molecule is N#CCCCOc1cccc(CNCc2ccc([N+](=O)[O-])cc2)c1. The fourth-order valence-electron chi connectivity index (χ4n) is 2.17. The van der Waals surface area contributed by atoms with Gasteiger partial charge >= 0.3 is 0 Å². The highest BCUT2D eigenvalue weighted by Crippen LogP contribution is 2.15. The van der Waals surface area contributed by atoms with Gasteiger partial charge in [-0.15, -0.1) is 0 Å². The van der Waals surface area contributed by atoms with Crippen LogP contribution in [0.1, 0.15) is 24.0 Å². The van der Waals surface area contributed by atoms with Crippen LogP contribution in [-0.2, 0) is 13.1 Å². The molecular weight excluding hydrogens is 306 g/mol. The molecule has 0 atom stereocenters. The Balaban J connectivity index is 1.79. The Hall–Kier alpha value is -2.91. The number of rotatable bonds is 9. The summed E-state index contributed by atoms with van der Waals surface area (Å²) in [6.07, 6.45) is 1.22. The average molecular weight is 325 g/mol. The van der Waals surface area contributed by atoms with Crippen LogP contribution in [0.2, 0.25) is 0 Å². The number of hydrogen-bond donors (Lipinski definition) is 1. The molecule has 6 nitrogen and oxygen atoms in total. The number of nitrogens with one attached hydrogen (secondary N) is 1. The third kappa shape index (κ3) is 5.71. The Labute approximate surface area is 140 Å². The van der Waals surface area contributed by atoms with E-state index in [1.54, 1.807) is 12.1 Å². The lowest BCUT2D eigenvalue weighted by atomic mass is 10.2. The van der Waals surface area contributed by atoms with Gasteiger partial charge in [0.15, 0.2) is 0 Å². The van der Waals surface area contributed by atoms with E-state index >= 15 is 0 Å². The van der Waals surface area contributed by atoms with Crippen LogP contribution in [-0.4, -0.2) is 11.5 Å². The highest BCUT2D eigenvalue weighted by Gasteiger charge is 2.03. The van der Waals surface area contributed by atoms with Gasteiger partial charge in [-0.3, -0.25) is 10.1 Å². The van der Waals surface area contributed by atoms with E-state index in [-0.39, 0.29) is 5.69 Å². The molecular formula is C18H19N3O3. The Morgan fingerprint density at radius 2 is 1.88 bits per heavy atom. The first-order valence-electron chi connectivity index (χ1n) is 7.72. The van der Waals surface area contributed by atoms with E-state index < -0.39 is 4.92 Å². The first-order valence-corrected chi connectivity index (χ1v) is 7.72. The van der Waals surface area contributed by atoms with Crippen molar-refractivity contribution >= 4 is 5.69 Å². The molecule has 1 N–H and O–H groups in total. The van der Waals surface area contributed by atoms with Crippen molar-refractivity contribution in [2.24, 2.45) is 0 Å². The maximum atomic E-state index is 10.6. The fraction of sp³-hybridized carbons (Fsp3) is 0.278. The second-order valence-electron chi connectivity index (χ2n) is 5.28. The van der Waals surface area contributed by atoms with Crippen LogP contribution in [0.25, 0.3) is 0 Å². The number of benzene rings is 2. The lowest BCUT2D eigenvalue weighted by Gasteiger charge is -2.08. The van der Waals surface area contributed by atoms with E-state index in [0.29, 0.717) is 26.1 Å². The highest BCUT2D eigenvalue weighted by atomic mass is 16.6. The molecule has 0 fully saturated rings. The second kappa shape index (κ2) is 9.28. The summed E-state index contributed by atoms with van der Waals surface area (Å²) in [5, 5.41) is 22.4. The number of nitro groups is 1. The molecule has 2 rings (SSSR count). The van der Waals surface area contributed by atoms with E-state index in [0.717, 1.165) is 23.3 Å². The third-order valence-corrected chi connectivity index (χ3v) is 3.41. The zero-order valence-electron chi connectivity index (χ0n) is 13.3. The zero-order chi connectivity index (χ0) is 17.2. The van der Waals surface area contributed by atoms with Crippen molar-refractivity contribution in [2.75, 3.05) is 6.61 Å². The molecule has 0 spiro atoms. The van der Waals surface area contributed by atoms with Crippen LogP contribution in [0.4, 0.5) is 5.69 Å². The van der Waals surface area contributed by atoms with Crippen molar-refractivity contribution in [2.45, 2.75) is 25.9 Å². The smallest absolute Gasteiger partial charge is 0.269 e. The molecule has 0 saturated carbocycles. The maximum Gasteiger partial charge on any atom is 0.269 e. The van der Waals surface area contributed by atoms with Gasteiger partial charge in [0.2, 0.25) is 0 Å². The summed E-state index contributed by atoms with van der Waals surface area (Å²) in [5.74, 6) is 0.794. The quantitative estimate of drug-likeness (QED) is 0.432. The van der Waals surface area contributed by atoms with Gasteiger partial charge in [0.05, 0.1) is 17.6 Å². The second-order valence-corrected chi connectivity index (χ2v) is 5.28. The fourth-order valence-corrected chi connectivity index (χ4v) is 2.17. The monoisotopic (exact) mass is 325 g/mol. The van der Waals surface area contributed by atoms with Gasteiger partial charge in [-0.2, -0.15) is 5.26 Å². The molecule has 0 bridgehead atoms. The topological polar surface area (TPSA) is 88.2 Å². The molecule has 6 heteroatoms. The van der Waals surface area contributed by atoms with Crippen molar-refractivity contribution in [3.05, 3.63) is 69.8 Å². The van der Waals surface area contributed by atoms with E-state index in [9.17, 15) is 10.1 Å². The molecule has 0 heterocycles. The Morgan fingerprint density at radius 3 is 2.58 bits per heavy atom. The minimum Gasteiger partial charge on any atom is -0.494 e. The summed E-state index contributed by atoms with van der Waals surface area (Å²) >= 11 is 0. The zero-order valence-corrected chi connectivity index (χ0v) is 13.3. The number of unbranched alkanes of at least 4 members (excludes halogenated alkanes) is 1. The van der Waals surface area contributed by atoms with Crippen LogP contribution >= 0.6 is 0 Å². The maximum absolute atomic E-state index is 10.6. The predicted octanol–water partition coefficient (Wildman–Crippen LogP) is 3.57. The van der Waals surface area contributed by atoms with E-state index in [2.05, 4.69) is 11.4 Å². The van der Waals surface area contributed by atoms with Gasteiger partial charge in [0.1, 0.15) is 5.75 Å². The normalized spacial score (nSPS) is 10.1. The highest BCUT2D eigenvalue weighted by molar-refractivity contribution is 5.33. The van der Waals surface area contributed by atoms with Gasteiger partial charge in [-0.05, 0) is 29.7 Å². The van der Waals surface area contributed by atoms with Crippen molar-refractivity contribution in [3.63, 3.8) is 0 Å². The number of hydrogen-bond acceptors (Lipinski definition) is 5. The molecule has 24 heavy (non-hydrogen) atoms. The van der Waals surface area contributed by atoms with Gasteiger partial charge in [0, 0.05) is 31.6 Å². The molecule has 0 saturated heterocycles. The molecule has 0 amide bonds. The molecule has 0 aliphatic rings. The molecule has 0 aromatic heterocycles. The summed E-state index contributed by atoms with van der Waals surface area (Å²) in [6, 6.07) is 16.4. The third-order valence-electron chi connectivity index (χ3n) is 3.41. The van der Waals surface area contributed by atoms with Crippen LogP contribution in [0, 0.1) is 21.4 Å². The first-order chi connectivity index (χ1) is 11.7. The van der Waals surface area contributed by atoms with Crippen molar-refractivity contribution < 1.29 is 9.66 Å². The molecule has 0 aliphatic carbocycles. The van der Waals surface area contributed by atoms with Crippen LogP contribution in [0.3, 0.4) is 0 Å². The van der Waals surface area contributed by atoms with Crippen LogP contribution in [0.15, 0.2) is 48.5 Å². The molecule has 0 aliphatic heterocycles. The van der Waals surface area contributed by atoms with E-state index in [4.69, 9.17) is 10.00 Å². The molecule has 0 unspecified atom stereocenters. The van der Waals surface area contributed by atoms with E-state index in [1.807, 2.05) is 24.3 Å². The predicted molar refractivity (Wildman–Crippen MR) is 90.4 cm³/mol. The summed E-state index contributed by atoms with van der Waals surface area (Å²) in [4.78, 5) is 10.2. The van der Waals surface area contributed by atoms with Crippen LogP contribution < -0.4 is 10.1 Å². The summed E-state index contributed by atoms with van der Waals surface area (Å²) < 4.78 is 5.61. The average Bonchev–Trinajstić information content (AvgIpc) is 2.60. The lowest BCUT2D eigenvalue weighted by molar-refractivity contribution is -0.384. The Morgan fingerprint density at radius 1 is 1.12 bits per heavy atom. The number of nitriles is 1. The minimum atomic E-state index is -0.403. The van der Waals surface area contributed by atoms with Crippen molar-refractivity contribution in [1.82, 2.24) is 5.32 Å². The Bertz CT molecular complexity index is 708. The summed E-state index contributed by atoms with van der Waals surface area (Å²) in [7, 11) is 0. The van der Waals surface area contributed by atoms with E-state index in [1.165, 1.54) is 12.1 Å². The number of nitro benzene ring substituents is 1. The van der Waals surface area contributed by atoms with Crippen LogP contribution in [0.5, 0.6) is 5.75 Å². The Kier molecular flexibility index (Phi) is 6.74. The standard InChI is InChI=1S/C18H19N3O3/c19-10-1-2-11-24-18-5-3-4-16(12-18)14-20-13-15-6-8-17(9-7-15)21(22)23/h3-9,12,20H,1-2,11,13-14H2. The van der Waals surface area contributed by atoms with Crippen molar-refractivity contribution in [1.29, 1.82) is 5.26 Å².